The number of carbonyl (C=O) groups is 2. The van der Waals surface area contributed by atoms with E-state index in [0.717, 1.165) is 17.5 Å². The molecule has 1 aromatic heterocycles. The van der Waals surface area contributed by atoms with E-state index < -0.39 is 17.7 Å². The van der Waals surface area contributed by atoms with Crippen LogP contribution in [0.25, 0.3) is 5.76 Å². The molecule has 0 saturated carbocycles. The lowest BCUT2D eigenvalue weighted by Crippen LogP contribution is -2.29. The van der Waals surface area contributed by atoms with E-state index in [1.165, 1.54) is 4.90 Å². The van der Waals surface area contributed by atoms with E-state index in [1.54, 1.807) is 60.9 Å². The molecule has 1 aliphatic rings. The maximum atomic E-state index is 13.0. The molecule has 1 N–H and O–H groups in total. The summed E-state index contributed by atoms with van der Waals surface area (Å²) < 4.78 is 0. The zero-order chi connectivity index (χ0) is 22.0. The number of amides is 1. The summed E-state index contributed by atoms with van der Waals surface area (Å²) in [4.78, 5) is 31.5. The maximum absolute atomic E-state index is 13.0. The van der Waals surface area contributed by atoms with Gasteiger partial charge in [0.25, 0.3) is 11.7 Å². The molecular weight excluding hydrogens is 412 g/mol. The Labute approximate surface area is 185 Å². The smallest absolute Gasteiger partial charge is 0.295 e. The Kier molecular flexibility index (Phi) is 5.87. The third-order valence-corrected chi connectivity index (χ3v) is 5.72. The van der Waals surface area contributed by atoms with E-state index in [4.69, 9.17) is 11.6 Å². The molecule has 0 bridgehead atoms. The van der Waals surface area contributed by atoms with Gasteiger partial charge >= 0.3 is 0 Å². The SMILES string of the molecule is CCc1ccc(/C(O)=C2\C(=O)C(=O)N(Cc3ccncc3)C2c2ccc(Cl)cc2)cc1. The quantitative estimate of drug-likeness (QED) is 0.353. The van der Waals surface area contributed by atoms with Crippen molar-refractivity contribution in [2.45, 2.75) is 25.9 Å². The number of hydrogen-bond donors (Lipinski definition) is 1. The average molecular weight is 433 g/mol. The van der Waals surface area contributed by atoms with Crippen LogP contribution in [0.1, 0.15) is 35.2 Å². The number of aromatic nitrogens is 1. The molecule has 1 unspecified atom stereocenters. The Balaban J connectivity index is 1.84. The van der Waals surface area contributed by atoms with Gasteiger partial charge in [0, 0.05) is 29.5 Å². The van der Waals surface area contributed by atoms with Crippen molar-refractivity contribution in [3.63, 3.8) is 0 Å². The van der Waals surface area contributed by atoms with Gasteiger partial charge in [0.1, 0.15) is 5.76 Å². The van der Waals surface area contributed by atoms with Crippen LogP contribution < -0.4 is 0 Å². The number of pyridine rings is 1. The Hall–Kier alpha value is -3.44. The maximum Gasteiger partial charge on any atom is 0.295 e. The Morgan fingerprint density at radius 3 is 2.23 bits per heavy atom. The van der Waals surface area contributed by atoms with Crippen molar-refractivity contribution in [1.29, 1.82) is 0 Å². The highest BCUT2D eigenvalue weighted by molar-refractivity contribution is 6.46. The number of rotatable bonds is 5. The second kappa shape index (κ2) is 8.74. The molecule has 0 radical (unpaired) electrons. The number of hydrogen-bond acceptors (Lipinski definition) is 4. The van der Waals surface area contributed by atoms with Gasteiger partial charge in [-0.15, -0.1) is 0 Å². The first-order valence-corrected chi connectivity index (χ1v) is 10.4. The van der Waals surface area contributed by atoms with Gasteiger partial charge in [-0.3, -0.25) is 14.6 Å². The average Bonchev–Trinajstić information content (AvgIpc) is 3.05. The molecule has 156 valence electrons. The molecule has 6 heteroatoms. The monoisotopic (exact) mass is 432 g/mol. The minimum absolute atomic E-state index is 0.0747. The third-order valence-electron chi connectivity index (χ3n) is 5.46. The van der Waals surface area contributed by atoms with Crippen molar-refractivity contribution < 1.29 is 14.7 Å². The van der Waals surface area contributed by atoms with E-state index in [2.05, 4.69) is 4.98 Å². The molecule has 4 rings (SSSR count). The van der Waals surface area contributed by atoms with Crippen LogP contribution in [-0.2, 0) is 22.6 Å². The molecule has 3 aromatic rings. The zero-order valence-corrected chi connectivity index (χ0v) is 17.7. The largest absolute Gasteiger partial charge is 0.507 e. The van der Waals surface area contributed by atoms with Crippen LogP contribution in [0.15, 0.2) is 78.6 Å². The fourth-order valence-corrected chi connectivity index (χ4v) is 3.90. The van der Waals surface area contributed by atoms with E-state index in [0.29, 0.717) is 16.1 Å². The van der Waals surface area contributed by atoms with Crippen molar-refractivity contribution in [1.82, 2.24) is 9.88 Å². The highest BCUT2D eigenvalue weighted by atomic mass is 35.5. The van der Waals surface area contributed by atoms with E-state index in [1.807, 2.05) is 19.1 Å². The lowest BCUT2D eigenvalue weighted by atomic mass is 9.95. The van der Waals surface area contributed by atoms with Crippen molar-refractivity contribution in [2.75, 3.05) is 0 Å². The van der Waals surface area contributed by atoms with Gasteiger partial charge in [-0.25, -0.2) is 0 Å². The van der Waals surface area contributed by atoms with Crippen LogP contribution in [0.2, 0.25) is 5.02 Å². The van der Waals surface area contributed by atoms with Crippen LogP contribution in [0.4, 0.5) is 0 Å². The number of carbonyl (C=O) groups excluding carboxylic acids is 2. The molecule has 0 spiro atoms. The minimum Gasteiger partial charge on any atom is -0.507 e. The summed E-state index contributed by atoms with van der Waals surface area (Å²) in [5.41, 5.74) is 3.22. The number of halogens is 1. The van der Waals surface area contributed by atoms with Gasteiger partial charge in [0.15, 0.2) is 0 Å². The number of likely N-dealkylation sites (tertiary alicyclic amines) is 1. The highest BCUT2D eigenvalue weighted by Crippen LogP contribution is 2.40. The molecule has 0 aliphatic carbocycles. The summed E-state index contributed by atoms with van der Waals surface area (Å²) in [6.45, 7) is 2.26. The fourth-order valence-electron chi connectivity index (χ4n) is 3.77. The molecule has 1 saturated heterocycles. The van der Waals surface area contributed by atoms with Crippen LogP contribution >= 0.6 is 11.6 Å². The third kappa shape index (κ3) is 4.09. The molecule has 2 heterocycles. The number of aryl methyl sites for hydroxylation is 1. The minimum atomic E-state index is -0.726. The highest BCUT2D eigenvalue weighted by Gasteiger charge is 2.46. The van der Waals surface area contributed by atoms with Gasteiger partial charge < -0.3 is 10.0 Å². The van der Waals surface area contributed by atoms with E-state index >= 15 is 0 Å². The lowest BCUT2D eigenvalue weighted by molar-refractivity contribution is -0.140. The molecule has 5 nitrogen and oxygen atoms in total. The summed E-state index contributed by atoms with van der Waals surface area (Å²) in [7, 11) is 0. The molecule has 1 atom stereocenters. The van der Waals surface area contributed by atoms with E-state index in [-0.39, 0.29) is 17.9 Å². The van der Waals surface area contributed by atoms with Crippen LogP contribution in [0.3, 0.4) is 0 Å². The Morgan fingerprint density at radius 1 is 0.968 bits per heavy atom. The Morgan fingerprint density at radius 2 is 1.61 bits per heavy atom. The topological polar surface area (TPSA) is 70.5 Å². The first-order valence-electron chi connectivity index (χ1n) is 10.0. The van der Waals surface area contributed by atoms with Crippen molar-refractivity contribution in [3.8, 4) is 0 Å². The van der Waals surface area contributed by atoms with E-state index in [9.17, 15) is 14.7 Å². The number of aliphatic hydroxyl groups excluding tert-OH is 1. The second-order valence-electron chi connectivity index (χ2n) is 7.38. The molecule has 31 heavy (non-hydrogen) atoms. The fraction of sp³-hybridized carbons (Fsp3) is 0.160. The van der Waals surface area contributed by atoms with Gasteiger partial charge in [-0.2, -0.15) is 0 Å². The van der Waals surface area contributed by atoms with Crippen molar-refractivity contribution in [3.05, 3.63) is 106 Å². The summed E-state index contributed by atoms with van der Waals surface area (Å²) in [6, 6.07) is 17.2. The van der Waals surface area contributed by atoms with Gasteiger partial charge in [0.05, 0.1) is 11.6 Å². The summed E-state index contributed by atoms with van der Waals surface area (Å²) in [6.07, 6.45) is 4.14. The number of Topliss-reactive ketones (excluding diaryl/α,β-unsaturated/α-hetero) is 1. The van der Waals surface area contributed by atoms with Crippen LogP contribution in [0.5, 0.6) is 0 Å². The second-order valence-corrected chi connectivity index (χ2v) is 7.82. The predicted octanol–water partition coefficient (Wildman–Crippen LogP) is 4.92. The first kappa shape index (κ1) is 20.8. The molecule has 1 fully saturated rings. The van der Waals surface area contributed by atoms with Crippen molar-refractivity contribution >= 4 is 29.1 Å². The molecule has 2 aromatic carbocycles. The zero-order valence-electron chi connectivity index (χ0n) is 17.0. The summed E-state index contributed by atoms with van der Waals surface area (Å²) in [5.74, 6) is -1.53. The van der Waals surface area contributed by atoms with Crippen molar-refractivity contribution in [2.24, 2.45) is 0 Å². The normalized spacial score (nSPS) is 17.9. The Bertz CT molecular complexity index is 1140. The number of aliphatic hydroxyl groups is 1. The van der Waals surface area contributed by atoms with Crippen LogP contribution in [-0.4, -0.2) is 26.7 Å². The molecular formula is C25H21ClN2O3. The van der Waals surface area contributed by atoms with Crippen LogP contribution in [0, 0.1) is 0 Å². The summed E-state index contributed by atoms with van der Waals surface area (Å²) >= 11 is 6.05. The van der Waals surface area contributed by atoms with Gasteiger partial charge in [0.2, 0.25) is 0 Å². The van der Waals surface area contributed by atoms with Gasteiger partial charge in [-0.1, -0.05) is 54.9 Å². The summed E-state index contributed by atoms with van der Waals surface area (Å²) in [5, 5.41) is 11.6. The lowest BCUT2D eigenvalue weighted by Gasteiger charge is -2.25. The predicted molar refractivity (Wildman–Crippen MR) is 119 cm³/mol. The molecule has 1 aliphatic heterocycles. The number of benzene rings is 2. The standard InChI is InChI=1S/C25H21ClN2O3/c1-2-16-3-5-19(6-4-16)23(29)21-22(18-7-9-20(26)10-8-18)28(25(31)24(21)30)15-17-11-13-27-14-12-17/h3-14,22,29H,2,15H2,1H3/b23-21+. The number of ketones is 1. The molecule has 1 amide bonds. The number of nitrogens with zero attached hydrogens (tertiary/aromatic N) is 2. The van der Waals surface area contributed by atoms with Gasteiger partial charge in [-0.05, 0) is 47.4 Å². The first-order chi connectivity index (χ1) is 15.0.